The van der Waals surface area contributed by atoms with Crippen molar-refractivity contribution in [2.75, 3.05) is 19.0 Å². The van der Waals surface area contributed by atoms with Gasteiger partial charge in [0, 0.05) is 17.1 Å². The summed E-state index contributed by atoms with van der Waals surface area (Å²) in [6, 6.07) is 6.00. The first-order valence-electron chi connectivity index (χ1n) is 6.85. The van der Waals surface area contributed by atoms with Crippen LogP contribution < -0.4 is 10.1 Å². The SMILES string of the molecule is CCCCCCCCNc1cc(OC)ccc1Br. The van der Waals surface area contributed by atoms with Crippen LogP contribution in [0, 0.1) is 0 Å². The molecule has 0 saturated carbocycles. The Balaban J connectivity index is 2.22. The normalized spacial score (nSPS) is 10.4. The maximum absolute atomic E-state index is 5.22. The number of benzene rings is 1. The highest BCUT2D eigenvalue weighted by Gasteiger charge is 2.01. The van der Waals surface area contributed by atoms with Crippen LogP contribution in [0.15, 0.2) is 22.7 Å². The van der Waals surface area contributed by atoms with E-state index in [1.807, 2.05) is 18.2 Å². The Morgan fingerprint density at radius 3 is 2.56 bits per heavy atom. The molecule has 0 aliphatic heterocycles. The van der Waals surface area contributed by atoms with Crippen LogP contribution in [0.5, 0.6) is 5.75 Å². The highest BCUT2D eigenvalue weighted by Crippen LogP contribution is 2.27. The van der Waals surface area contributed by atoms with Crippen molar-refractivity contribution in [1.82, 2.24) is 0 Å². The molecule has 1 N–H and O–H groups in total. The number of nitrogens with one attached hydrogen (secondary N) is 1. The Labute approximate surface area is 119 Å². The van der Waals surface area contributed by atoms with Crippen LogP contribution in [0.4, 0.5) is 5.69 Å². The van der Waals surface area contributed by atoms with Gasteiger partial charge in [-0.15, -0.1) is 0 Å². The van der Waals surface area contributed by atoms with Gasteiger partial charge in [-0.3, -0.25) is 0 Å². The zero-order valence-electron chi connectivity index (χ0n) is 11.5. The average molecular weight is 314 g/mol. The van der Waals surface area contributed by atoms with E-state index in [9.17, 15) is 0 Å². The molecule has 102 valence electrons. The molecule has 0 atom stereocenters. The van der Waals surface area contributed by atoms with E-state index in [0.717, 1.165) is 22.5 Å². The largest absolute Gasteiger partial charge is 0.497 e. The van der Waals surface area contributed by atoms with E-state index in [2.05, 4.69) is 28.2 Å². The van der Waals surface area contributed by atoms with Gasteiger partial charge in [0.2, 0.25) is 0 Å². The third-order valence-electron chi connectivity index (χ3n) is 3.02. The highest BCUT2D eigenvalue weighted by atomic mass is 79.9. The van der Waals surface area contributed by atoms with Crippen LogP contribution in [0.3, 0.4) is 0 Å². The Bertz CT molecular complexity index is 341. The predicted octanol–water partition coefficient (Wildman–Crippen LogP) is 5.23. The summed E-state index contributed by atoms with van der Waals surface area (Å²) in [7, 11) is 1.70. The second-order valence-electron chi connectivity index (χ2n) is 4.54. The number of hydrogen-bond acceptors (Lipinski definition) is 2. The van der Waals surface area contributed by atoms with Crippen LogP contribution in [-0.4, -0.2) is 13.7 Å². The van der Waals surface area contributed by atoms with Gasteiger partial charge in [0.25, 0.3) is 0 Å². The van der Waals surface area contributed by atoms with Gasteiger partial charge < -0.3 is 10.1 Å². The molecule has 0 fully saturated rings. The number of hydrogen-bond donors (Lipinski definition) is 1. The zero-order chi connectivity index (χ0) is 13.2. The number of anilines is 1. The minimum atomic E-state index is 0.892. The Kier molecular flexibility index (Phi) is 7.90. The molecule has 0 saturated heterocycles. The van der Waals surface area contributed by atoms with E-state index in [4.69, 9.17) is 4.74 Å². The molecular weight excluding hydrogens is 290 g/mol. The summed E-state index contributed by atoms with van der Waals surface area (Å²) in [5.41, 5.74) is 1.11. The highest BCUT2D eigenvalue weighted by molar-refractivity contribution is 9.10. The number of rotatable bonds is 9. The topological polar surface area (TPSA) is 21.3 Å². The summed E-state index contributed by atoms with van der Waals surface area (Å²) in [5.74, 6) is 0.892. The van der Waals surface area contributed by atoms with Crippen LogP contribution in [-0.2, 0) is 0 Å². The van der Waals surface area contributed by atoms with E-state index in [1.165, 1.54) is 38.5 Å². The second-order valence-corrected chi connectivity index (χ2v) is 5.39. The van der Waals surface area contributed by atoms with Crippen LogP contribution in [0.2, 0.25) is 0 Å². The molecule has 0 aromatic heterocycles. The maximum atomic E-state index is 5.22. The van der Waals surface area contributed by atoms with Gasteiger partial charge >= 0.3 is 0 Å². The number of methoxy groups -OCH3 is 1. The molecule has 0 unspecified atom stereocenters. The van der Waals surface area contributed by atoms with E-state index < -0.39 is 0 Å². The van der Waals surface area contributed by atoms with Crippen LogP contribution in [0.1, 0.15) is 45.4 Å². The molecule has 1 aromatic carbocycles. The smallest absolute Gasteiger partial charge is 0.121 e. The Hall–Kier alpha value is -0.700. The first kappa shape index (κ1) is 15.4. The van der Waals surface area contributed by atoms with Crippen molar-refractivity contribution in [3.63, 3.8) is 0 Å². The number of unbranched alkanes of at least 4 members (excludes halogenated alkanes) is 5. The predicted molar refractivity (Wildman–Crippen MR) is 82.6 cm³/mol. The Morgan fingerprint density at radius 2 is 1.83 bits per heavy atom. The fourth-order valence-corrected chi connectivity index (χ4v) is 2.28. The van der Waals surface area contributed by atoms with E-state index >= 15 is 0 Å². The van der Waals surface area contributed by atoms with Crippen molar-refractivity contribution in [1.29, 1.82) is 0 Å². The van der Waals surface area contributed by atoms with Crippen molar-refractivity contribution >= 4 is 21.6 Å². The minimum absolute atomic E-state index is 0.892. The molecule has 0 spiro atoms. The molecule has 0 aliphatic carbocycles. The van der Waals surface area contributed by atoms with Gasteiger partial charge in [0.15, 0.2) is 0 Å². The van der Waals surface area contributed by atoms with Crippen molar-refractivity contribution < 1.29 is 4.74 Å². The first-order chi connectivity index (χ1) is 8.77. The summed E-state index contributed by atoms with van der Waals surface area (Å²) < 4.78 is 6.31. The second kappa shape index (κ2) is 9.26. The number of halogens is 1. The fraction of sp³-hybridized carbons (Fsp3) is 0.600. The molecule has 2 nitrogen and oxygen atoms in total. The third-order valence-corrected chi connectivity index (χ3v) is 3.71. The molecule has 0 radical (unpaired) electrons. The lowest BCUT2D eigenvalue weighted by Gasteiger charge is -2.10. The monoisotopic (exact) mass is 313 g/mol. The molecule has 0 heterocycles. The van der Waals surface area contributed by atoms with Gasteiger partial charge in [0.1, 0.15) is 5.75 Å². The van der Waals surface area contributed by atoms with Gasteiger partial charge in [-0.1, -0.05) is 39.0 Å². The van der Waals surface area contributed by atoms with E-state index in [0.29, 0.717) is 0 Å². The van der Waals surface area contributed by atoms with Gasteiger partial charge in [-0.05, 0) is 34.5 Å². The molecule has 18 heavy (non-hydrogen) atoms. The van der Waals surface area contributed by atoms with Gasteiger partial charge in [-0.25, -0.2) is 0 Å². The first-order valence-corrected chi connectivity index (χ1v) is 7.64. The van der Waals surface area contributed by atoms with Crippen LogP contribution >= 0.6 is 15.9 Å². The molecule has 0 amide bonds. The van der Waals surface area contributed by atoms with Gasteiger partial charge in [-0.2, -0.15) is 0 Å². The molecule has 3 heteroatoms. The van der Waals surface area contributed by atoms with Gasteiger partial charge in [0.05, 0.1) is 12.8 Å². The summed E-state index contributed by atoms with van der Waals surface area (Å²) in [6.45, 7) is 3.28. The van der Waals surface area contributed by atoms with E-state index in [-0.39, 0.29) is 0 Å². The quantitative estimate of drug-likeness (QED) is 0.630. The fourth-order valence-electron chi connectivity index (χ4n) is 1.90. The van der Waals surface area contributed by atoms with Crippen molar-refractivity contribution in [2.45, 2.75) is 45.4 Å². The summed E-state index contributed by atoms with van der Waals surface area (Å²) in [6.07, 6.45) is 7.96. The van der Waals surface area contributed by atoms with Crippen LogP contribution in [0.25, 0.3) is 0 Å². The van der Waals surface area contributed by atoms with Crippen molar-refractivity contribution in [2.24, 2.45) is 0 Å². The molecule has 0 bridgehead atoms. The average Bonchev–Trinajstić information content (AvgIpc) is 2.39. The summed E-state index contributed by atoms with van der Waals surface area (Å²) in [5, 5.41) is 3.45. The Morgan fingerprint density at radius 1 is 1.11 bits per heavy atom. The minimum Gasteiger partial charge on any atom is -0.497 e. The lowest BCUT2D eigenvalue weighted by Crippen LogP contribution is -2.02. The molecular formula is C15H24BrNO. The standard InChI is InChI=1S/C15H24BrNO/c1-3-4-5-6-7-8-11-17-15-12-13(18-2)9-10-14(15)16/h9-10,12,17H,3-8,11H2,1-2H3. The van der Waals surface area contributed by atoms with Crippen molar-refractivity contribution in [3.8, 4) is 5.75 Å². The maximum Gasteiger partial charge on any atom is 0.121 e. The zero-order valence-corrected chi connectivity index (χ0v) is 13.1. The number of ether oxygens (including phenoxy) is 1. The lowest BCUT2D eigenvalue weighted by atomic mass is 10.1. The van der Waals surface area contributed by atoms with E-state index in [1.54, 1.807) is 7.11 Å². The van der Waals surface area contributed by atoms with Crippen molar-refractivity contribution in [3.05, 3.63) is 22.7 Å². The summed E-state index contributed by atoms with van der Waals surface area (Å²) in [4.78, 5) is 0. The summed E-state index contributed by atoms with van der Waals surface area (Å²) >= 11 is 3.54. The molecule has 1 aromatic rings. The third kappa shape index (κ3) is 5.76. The molecule has 1 rings (SSSR count). The lowest BCUT2D eigenvalue weighted by molar-refractivity contribution is 0.415. The molecule has 0 aliphatic rings.